The Kier molecular flexibility index (Phi) is 6.12. The molecule has 2 aliphatic rings. The summed E-state index contributed by atoms with van der Waals surface area (Å²) in [5.74, 6) is 0.794. The van der Waals surface area contributed by atoms with Gasteiger partial charge in [-0.25, -0.2) is 0 Å². The first-order valence-corrected chi connectivity index (χ1v) is 11.0. The van der Waals surface area contributed by atoms with Gasteiger partial charge in [0, 0.05) is 13.1 Å². The van der Waals surface area contributed by atoms with Crippen molar-refractivity contribution in [2.45, 2.75) is 44.2 Å². The lowest BCUT2D eigenvalue weighted by molar-refractivity contribution is -0.125. The van der Waals surface area contributed by atoms with Crippen LogP contribution in [-0.4, -0.2) is 53.8 Å². The van der Waals surface area contributed by atoms with Gasteiger partial charge in [0.1, 0.15) is 11.8 Å². The van der Waals surface area contributed by atoms with Gasteiger partial charge in [-0.1, -0.05) is 12.5 Å². The first kappa shape index (κ1) is 19.2. The van der Waals surface area contributed by atoms with E-state index in [9.17, 15) is 9.59 Å². The molecule has 4 rings (SSSR count). The van der Waals surface area contributed by atoms with Gasteiger partial charge in [0.05, 0.1) is 17.2 Å². The van der Waals surface area contributed by atoms with Crippen LogP contribution in [0.5, 0.6) is 0 Å². The second kappa shape index (κ2) is 8.92. The highest BCUT2D eigenvalue weighted by Gasteiger charge is 2.35. The number of rotatable bonds is 6. The minimum absolute atomic E-state index is 0.0359. The maximum Gasteiger partial charge on any atom is 0.264 e. The van der Waals surface area contributed by atoms with E-state index in [1.165, 1.54) is 30.6 Å². The van der Waals surface area contributed by atoms with E-state index in [-0.39, 0.29) is 23.9 Å². The fraction of sp³-hybridized carbons (Fsp3) is 0.524. The Morgan fingerprint density at radius 1 is 1.14 bits per heavy atom. The van der Waals surface area contributed by atoms with Crippen LogP contribution in [0.25, 0.3) is 0 Å². The summed E-state index contributed by atoms with van der Waals surface area (Å²) in [5, 5.41) is 5.00. The minimum Gasteiger partial charge on any atom is -0.468 e. The van der Waals surface area contributed by atoms with Gasteiger partial charge < -0.3 is 14.6 Å². The average molecular weight is 402 g/mol. The number of nitrogens with one attached hydrogen (secondary N) is 1. The van der Waals surface area contributed by atoms with Crippen molar-refractivity contribution in [1.82, 2.24) is 15.1 Å². The topological polar surface area (TPSA) is 65.8 Å². The molecule has 2 fully saturated rings. The lowest BCUT2D eigenvalue weighted by Gasteiger charge is -2.34. The fourth-order valence-corrected chi connectivity index (χ4v) is 4.94. The molecule has 4 heterocycles. The Morgan fingerprint density at radius 2 is 2.00 bits per heavy atom. The molecule has 28 heavy (non-hydrogen) atoms. The Labute approximate surface area is 169 Å². The third-order valence-electron chi connectivity index (χ3n) is 5.72. The van der Waals surface area contributed by atoms with Crippen molar-refractivity contribution >= 4 is 23.2 Å². The highest BCUT2D eigenvalue weighted by molar-refractivity contribution is 7.12. The molecule has 2 saturated heterocycles. The Morgan fingerprint density at radius 3 is 2.71 bits per heavy atom. The summed E-state index contributed by atoms with van der Waals surface area (Å²) < 4.78 is 5.66. The molecular weight excluding hydrogens is 374 g/mol. The van der Waals surface area contributed by atoms with Crippen LogP contribution < -0.4 is 5.32 Å². The van der Waals surface area contributed by atoms with Crippen molar-refractivity contribution in [3.8, 4) is 0 Å². The molecule has 2 atom stereocenters. The molecule has 2 aliphatic heterocycles. The van der Waals surface area contributed by atoms with Gasteiger partial charge in [-0.15, -0.1) is 11.3 Å². The fourth-order valence-electron chi connectivity index (χ4n) is 4.26. The molecule has 2 aromatic rings. The van der Waals surface area contributed by atoms with E-state index in [1.807, 2.05) is 29.6 Å². The van der Waals surface area contributed by atoms with E-state index < -0.39 is 0 Å². The summed E-state index contributed by atoms with van der Waals surface area (Å²) in [6.07, 6.45) is 6.89. The average Bonchev–Trinajstić information content (AvgIpc) is 3.51. The van der Waals surface area contributed by atoms with E-state index in [1.54, 1.807) is 11.2 Å². The molecule has 0 bridgehead atoms. The zero-order valence-electron chi connectivity index (χ0n) is 16.0. The summed E-state index contributed by atoms with van der Waals surface area (Å²) in [5.41, 5.74) is 0. The molecule has 6 nitrogen and oxygen atoms in total. The number of likely N-dealkylation sites (tertiary alicyclic amines) is 2. The number of carbonyl (C=O) groups excluding carboxylic acids is 2. The molecule has 150 valence electrons. The molecule has 7 heteroatoms. The van der Waals surface area contributed by atoms with Gasteiger partial charge in [-0.2, -0.15) is 0 Å². The number of amides is 2. The SMILES string of the molecule is O=C(NC[C@H](c1ccco1)N1CCCCC1)[C@H]1CCCN1C(=O)c1cccs1. The molecule has 0 spiro atoms. The Hall–Kier alpha value is -2.12. The molecule has 2 aromatic heterocycles. The third-order valence-corrected chi connectivity index (χ3v) is 6.58. The Balaban J connectivity index is 1.40. The van der Waals surface area contributed by atoms with Gasteiger partial charge in [0.15, 0.2) is 0 Å². The number of hydrogen-bond donors (Lipinski definition) is 1. The van der Waals surface area contributed by atoms with Crippen LogP contribution in [0.4, 0.5) is 0 Å². The predicted molar refractivity (Wildman–Crippen MR) is 108 cm³/mol. The third kappa shape index (κ3) is 4.15. The number of furan rings is 1. The first-order chi connectivity index (χ1) is 13.7. The van der Waals surface area contributed by atoms with Gasteiger partial charge in [0.2, 0.25) is 5.91 Å². The van der Waals surface area contributed by atoms with Gasteiger partial charge >= 0.3 is 0 Å². The highest BCUT2D eigenvalue weighted by Crippen LogP contribution is 2.26. The highest BCUT2D eigenvalue weighted by atomic mass is 32.1. The first-order valence-electron chi connectivity index (χ1n) is 10.1. The maximum atomic E-state index is 12.9. The van der Waals surface area contributed by atoms with Crippen LogP contribution in [0.2, 0.25) is 0 Å². The van der Waals surface area contributed by atoms with Crippen LogP contribution in [-0.2, 0) is 4.79 Å². The van der Waals surface area contributed by atoms with E-state index in [0.717, 1.165) is 31.7 Å². The number of thiophene rings is 1. The minimum atomic E-state index is -0.381. The maximum absolute atomic E-state index is 12.9. The van der Waals surface area contributed by atoms with Crippen LogP contribution >= 0.6 is 11.3 Å². The standard InChI is InChI=1S/C21H27N3O3S/c25-20(16-7-4-12-24(16)21(26)19-9-6-14-28-19)22-15-17(18-8-5-13-27-18)23-10-2-1-3-11-23/h5-6,8-9,13-14,16-17H,1-4,7,10-12,15H2,(H,22,25)/t16-,17-/m1/s1. The second-order valence-corrected chi connectivity index (χ2v) is 8.45. The normalized spacial score (nSPS) is 21.6. The van der Waals surface area contributed by atoms with Crippen LogP contribution in [0.15, 0.2) is 40.3 Å². The predicted octanol–water partition coefficient (Wildman–Crippen LogP) is 3.29. The van der Waals surface area contributed by atoms with E-state index >= 15 is 0 Å². The lowest BCUT2D eigenvalue weighted by Crippen LogP contribution is -2.48. The number of carbonyl (C=O) groups is 2. The van der Waals surface area contributed by atoms with Crippen molar-refractivity contribution in [2.24, 2.45) is 0 Å². The number of piperidine rings is 1. The van der Waals surface area contributed by atoms with E-state index in [0.29, 0.717) is 18.0 Å². The Bertz CT molecular complexity index is 769. The van der Waals surface area contributed by atoms with Crippen LogP contribution in [0.3, 0.4) is 0 Å². The summed E-state index contributed by atoms with van der Waals surface area (Å²) in [4.78, 5) is 30.5. The molecule has 0 saturated carbocycles. The summed E-state index contributed by atoms with van der Waals surface area (Å²) >= 11 is 1.42. The molecule has 0 aromatic carbocycles. The molecule has 0 aliphatic carbocycles. The van der Waals surface area contributed by atoms with E-state index in [4.69, 9.17) is 4.42 Å². The largest absolute Gasteiger partial charge is 0.468 e. The zero-order valence-corrected chi connectivity index (χ0v) is 16.8. The summed E-state index contributed by atoms with van der Waals surface area (Å²) in [7, 11) is 0. The van der Waals surface area contributed by atoms with Crippen LogP contribution in [0.1, 0.15) is 53.6 Å². The van der Waals surface area contributed by atoms with Gasteiger partial charge in [-0.05, 0) is 62.4 Å². The number of nitrogens with zero attached hydrogens (tertiary/aromatic N) is 2. The molecule has 1 N–H and O–H groups in total. The molecule has 0 radical (unpaired) electrons. The van der Waals surface area contributed by atoms with Crippen molar-refractivity contribution in [3.05, 3.63) is 46.5 Å². The van der Waals surface area contributed by atoms with Crippen molar-refractivity contribution < 1.29 is 14.0 Å². The van der Waals surface area contributed by atoms with Crippen molar-refractivity contribution in [3.63, 3.8) is 0 Å². The second-order valence-electron chi connectivity index (χ2n) is 7.51. The quantitative estimate of drug-likeness (QED) is 0.807. The number of hydrogen-bond acceptors (Lipinski definition) is 5. The molecule has 0 unspecified atom stereocenters. The van der Waals surface area contributed by atoms with Crippen molar-refractivity contribution in [2.75, 3.05) is 26.2 Å². The smallest absolute Gasteiger partial charge is 0.264 e. The van der Waals surface area contributed by atoms with Crippen LogP contribution in [0, 0.1) is 0 Å². The monoisotopic (exact) mass is 401 g/mol. The zero-order chi connectivity index (χ0) is 19.3. The molecular formula is C21H27N3O3S. The molecule has 2 amide bonds. The summed E-state index contributed by atoms with van der Waals surface area (Å²) in [6.45, 7) is 3.19. The summed E-state index contributed by atoms with van der Waals surface area (Å²) in [6, 6.07) is 7.23. The van der Waals surface area contributed by atoms with E-state index in [2.05, 4.69) is 10.2 Å². The van der Waals surface area contributed by atoms with Gasteiger partial charge in [-0.3, -0.25) is 14.5 Å². The van der Waals surface area contributed by atoms with Gasteiger partial charge in [0.25, 0.3) is 5.91 Å². The van der Waals surface area contributed by atoms with Crippen molar-refractivity contribution in [1.29, 1.82) is 0 Å². The lowest BCUT2D eigenvalue weighted by atomic mass is 10.1.